The molecule has 2 rings (SSSR count). The summed E-state index contributed by atoms with van der Waals surface area (Å²) in [6.45, 7) is 0. The molecule has 0 saturated heterocycles. The molecule has 0 radical (unpaired) electrons. The first-order chi connectivity index (χ1) is 9.86. The van der Waals surface area contributed by atoms with Crippen molar-refractivity contribution in [1.29, 1.82) is 0 Å². The van der Waals surface area contributed by atoms with Crippen molar-refractivity contribution in [1.82, 2.24) is 0 Å². The van der Waals surface area contributed by atoms with Gasteiger partial charge in [0, 0.05) is 0 Å². The van der Waals surface area contributed by atoms with Crippen molar-refractivity contribution in [3.63, 3.8) is 0 Å². The molecule has 0 fully saturated rings. The van der Waals surface area contributed by atoms with Crippen LogP contribution in [0.2, 0.25) is 0 Å². The normalized spacial score (nSPS) is 11.6. The van der Waals surface area contributed by atoms with Gasteiger partial charge in [-0.2, -0.15) is 13.2 Å². The van der Waals surface area contributed by atoms with E-state index in [1.807, 2.05) is 0 Å². The van der Waals surface area contributed by atoms with Gasteiger partial charge in [-0.05, 0) is 54.7 Å². The zero-order valence-corrected chi connectivity index (χ0v) is 11.2. The van der Waals surface area contributed by atoms with E-state index in [1.165, 1.54) is 6.07 Å². The number of phenols is 2. The Morgan fingerprint density at radius 3 is 2.00 bits per heavy atom. The van der Waals surface area contributed by atoms with Gasteiger partial charge in [0.2, 0.25) is 0 Å². The van der Waals surface area contributed by atoms with Gasteiger partial charge in [0.25, 0.3) is 0 Å². The fraction of sp³-hybridized carbons (Fsp3) is 0.250. The Kier molecular flexibility index (Phi) is 4.40. The lowest BCUT2D eigenvalue weighted by Crippen LogP contribution is -2.06. The molecule has 0 bridgehead atoms. The topological polar surface area (TPSA) is 40.5 Å². The summed E-state index contributed by atoms with van der Waals surface area (Å²) < 4.78 is 38.0. The van der Waals surface area contributed by atoms with E-state index in [9.17, 15) is 18.3 Å². The smallest absolute Gasteiger partial charge is 0.419 e. The minimum Gasteiger partial charge on any atom is -0.508 e. The summed E-state index contributed by atoms with van der Waals surface area (Å²) in [5, 5.41) is 18.4. The molecule has 2 aromatic carbocycles. The van der Waals surface area contributed by atoms with E-state index in [1.54, 1.807) is 24.3 Å². The minimum absolute atomic E-state index is 0.187. The van der Waals surface area contributed by atoms with E-state index in [-0.39, 0.29) is 5.75 Å². The number of phenolic OH excluding ortho intramolecular Hbond substituents is 2. The largest absolute Gasteiger partial charge is 0.508 e. The molecule has 112 valence electrons. The average molecular weight is 296 g/mol. The number of hydrogen-bond donors (Lipinski definition) is 2. The van der Waals surface area contributed by atoms with Gasteiger partial charge in [-0.25, -0.2) is 0 Å². The van der Waals surface area contributed by atoms with E-state index < -0.39 is 17.5 Å². The molecule has 0 saturated carbocycles. The molecule has 0 aliphatic carbocycles. The SMILES string of the molecule is Oc1ccc(CCCc2ccc(O)c(C(F)(F)F)c2)cc1. The molecule has 0 heterocycles. The third-order valence-electron chi connectivity index (χ3n) is 3.23. The van der Waals surface area contributed by atoms with E-state index in [2.05, 4.69) is 0 Å². The number of aryl methyl sites for hydroxylation is 2. The maximum absolute atomic E-state index is 12.7. The lowest BCUT2D eigenvalue weighted by atomic mass is 10.0. The summed E-state index contributed by atoms with van der Waals surface area (Å²) >= 11 is 0. The number of alkyl halides is 3. The number of aromatic hydroxyl groups is 2. The van der Waals surface area contributed by atoms with Crippen LogP contribution in [0.15, 0.2) is 42.5 Å². The lowest BCUT2D eigenvalue weighted by Gasteiger charge is -2.11. The summed E-state index contributed by atoms with van der Waals surface area (Å²) in [4.78, 5) is 0. The Morgan fingerprint density at radius 1 is 0.810 bits per heavy atom. The number of rotatable bonds is 4. The van der Waals surface area contributed by atoms with Crippen LogP contribution >= 0.6 is 0 Å². The first-order valence-electron chi connectivity index (χ1n) is 6.53. The van der Waals surface area contributed by atoms with Crippen LogP contribution in [0.25, 0.3) is 0 Å². The molecule has 0 atom stereocenters. The first-order valence-corrected chi connectivity index (χ1v) is 6.53. The summed E-state index contributed by atoms with van der Waals surface area (Å²) in [6.07, 6.45) is -2.66. The van der Waals surface area contributed by atoms with Crippen LogP contribution in [0, 0.1) is 0 Å². The summed E-state index contributed by atoms with van der Waals surface area (Å²) in [5.74, 6) is -0.558. The van der Waals surface area contributed by atoms with Crippen LogP contribution in [0.3, 0.4) is 0 Å². The van der Waals surface area contributed by atoms with Gasteiger partial charge in [-0.15, -0.1) is 0 Å². The van der Waals surface area contributed by atoms with Gasteiger partial charge >= 0.3 is 6.18 Å². The van der Waals surface area contributed by atoms with Crippen LogP contribution in [-0.2, 0) is 19.0 Å². The van der Waals surface area contributed by atoms with Gasteiger partial charge in [0.05, 0.1) is 5.56 Å². The quantitative estimate of drug-likeness (QED) is 0.883. The van der Waals surface area contributed by atoms with Crippen molar-refractivity contribution in [3.8, 4) is 11.5 Å². The van der Waals surface area contributed by atoms with Gasteiger partial charge in [-0.3, -0.25) is 0 Å². The molecular weight excluding hydrogens is 281 g/mol. The molecule has 0 aromatic heterocycles. The molecule has 0 unspecified atom stereocenters. The second-order valence-corrected chi connectivity index (χ2v) is 4.87. The lowest BCUT2D eigenvalue weighted by molar-refractivity contribution is -0.138. The van der Waals surface area contributed by atoms with Gasteiger partial charge in [-0.1, -0.05) is 18.2 Å². The second-order valence-electron chi connectivity index (χ2n) is 4.87. The molecule has 0 aliphatic heterocycles. The van der Waals surface area contributed by atoms with E-state index >= 15 is 0 Å². The fourth-order valence-corrected chi connectivity index (χ4v) is 2.13. The van der Waals surface area contributed by atoms with E-state index in [0.29, 0.717) is 24.8 Å². The molecule has 2 N–H and O–H groups in total. The molecule has 0 spiro atoms. The molecule has 21 heavy (non-hydrogen) atoms. The van der Waals surface area contributed by atoms with Gasteiger partial charge in [0.15, 0.2) is 0 Å². The van der Waals surface area contributed by atoms with Crippen molar-refractivity contribution >= 4 is 0 Å². The number of benzene rings is 2. The highest BCUT2D eigenvalue weighted by molar-refractivity contribution is 5.38. The van der Waals surface area contributed by atoms with Crippen LogP contribution in [0.1, 0.15) is 23.1 Å². The summed E-state index contributed by atoms with van der Waals surface area (Å²) in [5.41, 5.74) is 0.561. The van der Waals surface area contributed by atoms with Crippen molar-refractivity contribution in [2.45, 2.75) is 25.4 Å². The van der Waals surface area contributed by atoms with Crippen molar-refractivity contribution in [2.75, 3.05) is 0 Å². The molecule has 5 heteroatoms. The maximum Gasteiger partial charge on any atom is 0.419 e. The molecule has 0 aliphatic rings. The zero-order valence-electron chi connectivity index (χ0n) is 11.2. The molecule has 2 nitrogen and oxygen atoms in total. The van der Waals surface area contributed by atoms with E-state index in [4.69, 9.17) is 5.11 Å². The fourth-order valence-electron chi connectivity index (χ4n) is 2.13. The Labute approximate surface area is 120 Å². The van der Waals surface area contributed by atoms with E-state index in [0.717, 1.165) is 17.7 Å². The highest BCUT2D eigenvalue weighted by Gasteiger charge is 2.33. The number of hydrogen-bond acceptors (Lipinski definition) is 2. The predicted octanol–water partition coefficient (Wildman–Crippen LogP) is 4.29. The van der Waals surface area contributed by atoms with Crippen molar-refractivity contribution in [3.05, 3.63) is 59.2 Å². The monoisotopic (exact) mass is 296 g/mol. The average Bonchev–Trinajstić information content (AvgIpc) is 2.41. The Morgan fingerprint density at radius 2 is 1.38 bits per heavy atom. The predicted molar refractivity (Wildman–Crippen MR) is 73.2 cm³/mol. The Bertz CT molecular complexity index is 604. The van der Waals surface area contributed by atoms with Crippen LogP contribution in [-0.4, -0.2) is 10.2 Å². The zero-order chi connectivity index (χ0) is 15.5. The summed E-state index contributed by atoms with van der Waals surface area (Å²) in [7, 11) is 0. The van der Waals surface area contributed by atoms with Crippen LogP contribution < -0.4 is 0 Å². The van der Waals surface area contributed by atoms with Gasteiger partial charge in [0.1, 0.15) is 11.5 Å². The second kappa shape index (κ2) is 6.08. The molecular formula is C16H15F3O2. The Hall–Kier alpha value is -2.17. The van der Waals surface area contributed by atoms with Crippen LogP contribution in [0.5, 0.6) is 11.5 Å². The van der Waals surface area contributed by atoms with Crippen molar-refractivity contribution in [2.24, 2.45) is 0 Å². The van der Waals surface area contributed by atoms with Crippen molar-refractivity contribution < 1.29 is 23.4 Å². The molecule has 0 amide bonds. The minimum atomic E-state index is -4.54. The maximum atomic E-state index is 12.7. The van der Waals surface area contributed by atoms with Gasteiger partial charge < -0.3 is 10.2 Å². The standard InChI is InChI=1S/C16H15F3O2/c17-16(18,19)14-10-12(6-9-15(14)21)3-1-2-11-4-7-13(20)8-5-11/h4-10,20-21H,1-3H2. The first kappa shape index (κ1) is 15.2. The van der Waals surface area contributed by atoms with Crippen LogP contribution in [0.4, 0.5) is 13.2 Å². The number of halogens is 3. The highest BCUT2D eigenvalue weighted by atomic mass is 19.4. The molecule has 2 aromatic rings. The third kappa shape index (κ3) is 4.15. The Balaban J connectivity index is 1.99. The third-order valence-corrected chi connectivity index (χ3v) is 3.23. The highest BCUT2D eigenvalue weighted by Crippen LogP contribution is 2.36. The summed E-state index contributed by atoms with van der Waals surface area (Å²) in [6, 6.07) is 10.3.